The molecule has 0 spiro atoms. The van der Waals surface area contributed by atoms with E-state index in [-0.39, 0.29) is 6.04 Å². The third-order valence-electron chi connectivity index (χ3n) is 3.31. The Labute approximate surface area is 118 Å². The molecule has 0 unspecified atom stereocenters. The van der Waals surface area contributed by atoms with Crippen molar-refractivity contribution < 1.29 is 0 Å². The highest BCUT2D eigenvalue weighted by Crippen LogP contribution is 2.22. The van der Waals surface area contributed by atoms with Gasteiger partial charge >= 0.3 is 0 Å². The summed E-state index contributed by atoms with van der Waals surface area (Å²) in [6.07, 6.45) is 1.99. The molecule has 2 aromatic rings. The average Bonchev–Trinajstić information content (AvgIpc) is 2.42. The van der Waals surface area contributed by atoms with Crippen LogP contribution in [0.15, 0.2) is 33.9 Å². The van der Waals surface area contributed by atoms with Crippen molar-refractivity contribution in [2.75, 3.05) is 10.6 Å². The minimum absolute atomic E-state index is 0.182. The molecule has 0 aliphatic rings. The van der Waals surface area contributed by atoms with Gasteiger partial charge in [-0.25, -0.2) is 0 Å². The lowest BCUT2D eigenvalue weighted by Gasteiger charge is -2.19. The molecule has 4 heteroatoms. The molecule has 0 saturated carbocycles. The van der Waals surface area contributed by atoms with Crippen LogP contribution in [-0.2, 0) is 0 Å². The number of hydrogen-bond donors (Lipinski definition) is 2. The lowest BCUT2D eigenvalue weighted by molar-refractivity contribution is 0.689. The third-order valence-corrected chi connectivity index (χ3v) is 3.31. The van der Waals surface area contributed by atoms with E-state index in [1.807, 2.05) is 38.1 Å². The van der Waals surface area contributed by atoms with Crippen molar-refractivity contribution in [3.05, 3.63) is 50.3 Å². The van der Waals surface area contributed by atoms with Gasteiger partial charge in [-0.3, -0.25) is 9.59 Å². The van der Waals surface area contributed by atoms with Crippen molar-refractivity contribution in [1.29, 1.82) is 0 Å². The minimum Gasteiger partial charge on any atom is -0.377 e. The van der Waals surface area contributed by atoms with E-state index in [1.165, 1.54) is 0 Å². The van der Waals surface area contributed by atoms with E-state index in [4.69, 9.17) is 0 Å². The maximum atomic E-state index is 11.7. The van der Waals surface area contributed by atoms with Crippen molar-refractivity contribution >= 4 is 17.1 Å². The number of aryl methyl sites for hydroxylation is 1. The van der Waals surface area contributed by atoms with Gasteiger partial charge in [0.1, 0.15) is 11.4 Å². The molecule has 2 rings (SSSR count). The highest BCUT2D eigenvalue weighted by Gasteiger charge is 2.22. The van der Waals surface area contributed by atoms with E-state index < -0.39 is 10.9 Å². The number of nitrogens with one attached hydrogen (secondary N) is 2. The van der Waals surface area contributed by atoms with Crippen molar-refractivity contribution in [2.24, 2.45) is 0 Å². The number of rotatable bonds is 6. The Morgan fingerprint density at radius 2 is 1.85 bits per heavy atom. The largest absolute Gasteiger partial charge is 0.377 e. The van der Waals surface area contributed by atoms with Crippen molar-refractivity contribution in [3.8, 4) is 0 Å². The standard InChI is InChI=1S/C16H20N2O2/c1-4-6-11(3)17-13-14(16(20)15(13)19)18-12-8-5-7-10(2)9-12/h5,7-9,11,17-18H,4,6H2,1-3H3/t11-/m0/s1. The molecule has 1 atom stereocenters. The normalized spacial score (nSPS) is 12.3. The van der Waals surface area contributed by atoms with Crippen LogP contribution in [0, 0.1) is 6.92 Å². The van der Waals surface area contributed by atoms with Crippen LogP contribution in [0.1, 0.15) is 32.3 Å². The summed E-state index contributed by atoms with van der Waals surface area (Å²) in [6.45, 7) is 6.08. The van der Waals surface area contributed by atoms with Crippen LogP contribution in [-0.4, -0.2) is 6.04 Å². The number of hydrogen-bond acceptors (Lipinski definition) is 4. The van der Waals surface area contributed by atoms with Gasteiger partial charge < -0.3 is 10.6 Å². The molecule has 0 bridgehead atoms. The van der Waals surface area contributed by atoms with E-state index in [0.29, 0.717) is 11.4 Å². The first kappa shape index (κ1) is 14.3. The Balaban J connectivity index is 2.19. The molecule has 0 amide bonds. The smallest absolute Gasteiger partial charge is 0.253 e. The van der Waals surface area contributed by atoms with E-state index >= 15 is 0 Å². The maximum Gasteiger partial charge on any atom is 0.253 e. The average molecular weight is 272 g/mol. The molecule has 0 radical (unpaired) electrons. The summed E-state index contributed by atoms with van der Waals surface area (Å²) in [4.78, 5) is 23.3. The molecule has 0 heterocycles. The Morgan fingerprint density at radius 1 is 1.15 bits per heavy atom. The predicted octanol–water partition coefficient (Wildman–Crippen LogP) is 2.94. The fourth-order valence-corrected chi connectivity index (χ4v) is 2.27. The van der Waals surface area contributed by atoms with Crippen molar-refractivity contribution in [2.45, 2.75) is 39.7 Å². The summed E-state index contributed by atoms with van der Waals surface area (Å²) in [6, 6.07) is 7.90. The Kier molecular flexibility index (Phi) is 4.23. The molecule has 2 aromatic carbocycles. The first-order valence-corrected chi connectivity index (χ1v) is 6.96. The molecular weight excluding hydrogens is 252 g/mol. The lowest BCUT2D eigenvalue weighted by Crippen LogP contribution is -2.38. The first-order valence-electron chi connectivity index (χ1n) is 6.96. The van der Waals surface area contributed by atoms with Gasteiger partial charge in [0.05, 0.1) is 0 Å². The summed E-state index contributed by atoms with van der Waals surface area (Å²) in [7, 11) is 0. The van der Waals surface area contributed by atoms with Gasteiger partial charge in [0, 0.05) is 11.7 Å². The third kappa shape index (κ3) is 2.90. The van der Waals surface area contributed by atoms with Gasteiger partial charge in [0.25, 0.3) is 10.9 Å². The van der Waals surface area contributed by atoms with Crippen LogP contribution in [0.5, 0.6) is 0 Å². The van der Waals surface area contributed by atoms with Gasteiger partial charge in [0.15, 0.2) is 0 Å². The first-order chi connectivity index (χ1) is 9.52. The predicted molar refractivity (Wildman–Crippen MR) is 83.8 cm³/mol. The zero-order valence-electron chi connectivity index (χ0n) is 12.1. The van der Waals surface area contributed by atoms with Gasteiger partial charge in [0.2, 0.25) is 0 Å². The SMILES string of the molecule is CCC[C@H](C)Nc1c(Nc2cccc(C)c2)c(=O)c1=O. The second-order valence-corrected chi connectivity index (χ2v) is 5.24. The molecule has 0 fully saturated rings. The fraction of sp³-hybridized carbons (Fsp3) is 0.375. The Morgan fingerprint density at radius 3 is 2.50 bits per heavy atom. The zero-order chi connectivity index (χ0) is 14.7. The molecule has 0 aromatic heterocycles. The fourth-order valence-electron chi connectivity index (χ4n) is 2.27. The molecule has 0 saturated heterocycles. The number of anilines is 3. The molecule has 0 aliphatic heterocycles. The van der Waals surface area contributed by atoms with Crippen LogP contribution < -0.4 is 21.5 Å². The second-order valence-electron chi connectivity index (χ2n) is 5.24. The Hall–Kier alpha value is -2.10. The monoisotopic (exact) mass is 272 g/mol. The number of benzene rings is 1. The highest BCUT2D eigenvalue weighted by molar-refractivity contribution is 5.78. The molecular formula is C16H20N2O2. The van der Waals surface area contributed by atoms with E-state index in [2.05, 4.69) is 17.6 Å². The molecule has 20 heavy (non-hydrogen) atoms. The molecule has 0 aliphatic carbocycles. The van der Waals surface area contributed by atoms with Gasteiger partial charge in [-0.05, 0) is 38.0 Å². The molecule has 4 nitrogen and oxygen atoms in total. The van der Waals surface area contributed by atoms with Crippen molar-refractivity contribution in [1.82, 2.24) is 0 Å². The molecule has 2 N–H and O–H groups in total. The summed E-state index contributed by atoms with van der Waals surface area (Å²) in [5.74, 6) is 0. The second kappa shape index (κ2) is 5.90. The summed E-state index contributed by atoms with van der Waals surface area (Å²) >= 11 is 0. The summed E-state index contributed by atoms with van der Waals surface area (Å²) in [5.41, 5.74) is 1.84. The van der Waals surface area contributed by atoms with Crippen LogP contribution in [0.2, 0.25) is 0 Å². The van der Waals surface area contributed by atoms with Crippen LogP contribution in [0.25, 0.3) is 0 Å². The van der Waals surface area contributed by atoms with Gasteiger partial charge in [-0.1, -0.05) is 25.5 Å². The quantitative estimate of drug-likeness (QED) is 0.794. The highest BCUT2D eigenvalue weighted by atomic mass is 16.2. The molecule has 106 valence electrons. The lowest BCUT2D eigenvalue weighted by atomic mass is 10.1. The van der Waals surface area contributed by atoms with Gasteiger partial charge in [-0.15, -0.1) is 0 Å². The summed E-state index contributed by atoms with van der Waals surface area (Å²) < 4.78 is 0. The van der Waals surface area contributed by atoms with Crippen LogP contribution in [0.3, 0.4) is 0 Å². The minimum atomic E-state index is -0.447. The Bertz CT molecular complexity index is 669. The summed E-state index contributed by atoms with van der Waals surface area (Å²) in [5, 5.41) is 6.17. The van der Waals surface area contributed by atoms with Crippen LogP contribution in [0.4, 0.5) is 17.1 Å². The topological polar surface area (TPSA) is 58.2 Å². The maximum absolute atomic E-state index is 11.7. The van der Waals surface area contributed by atoms with E-state index in [9.17, 15) is 9.59 Å². The van der Waals surface area contributed by atoms with Crippen molar-refractivity contribution in [3.63, 3.8) is 0 Å². The van der Waals surface area contributed by atoms with Gasteiger partial charge in [-0.2, -0.15) is 0 Å². The van der Waals surface area contributed by atoms with E-state index in [0.717, 1.165) is 24.1 Å². The van der Waals surface area contributed by atoms with E-state index in [1.54, 1.807) is 0 Å². The van der Waals surface area contributed by atoms with Crippen LogP contribution >= 0.6 is 0 Å². The zero-order valence-corrected chi connectivity index (χ0v) is 12.1.